The number of unbranched alkanes of at least 4 members (excludes halogenated alkanes) is 1. The lowest BCUT2D eigenvalue weighted by molar-refractivity contribution is -0.143. The molecule has 0 saturated carbocycles. The van der Waals surface area contributed by atoms with E-state index in [1.165, 1.54) is 16.7 Å². The number of amides is 3. The lowest BCUT2D eigenvalue weighted by Crippen LogP contribution is -2.56. The predicted molar refractivity (Wildman–Crippen MR) is 177 cm³/mol. The van der Waals surface area contributed by atoms with Gasteiger partial charge in [0, 0.05) is 35.6 Å². The maximum Gasteiger partial charge on any atom is 0.408 e. The number of carboxylic acid groups (broad SMARTS) is 1. The van der Waals surface area contributed by atoms with E-state index in [0.717, 1.165) is 0 Å². The van der Waals surface area contributed by atoms with Gasteiger partial charge in [0.25, 0.3) is 0 Å². The van der Waals surface area contributed by atoms with Crippen LogP contribution in [-0.2, 0) is 19.1 Å². The minimum absolute atomic E-state index is 0.0216. The van der Waals surface area contributed by atoms with Crippen LogP contribution in [0.4, 0.5) is 4.79 Å². The second kappa shape index (κ2) is 16.9. The van der Waals surface area contributed by atoms with Crippen molar-refractivity contribution in [3.63, 3.8) is 0 Å². The number of rotatable bonds is 16. The number of likely N-dealkylation sites (tertiary alicyclic amines) is 1. The Morgan fingerprint density at radius 2 is 1.91 bits per heavy atom. The summed E-state index contributed by atoms with van der Waals surface area (Å²) in [6.07, 6.45) is 5.10. The number of aliphatic carboxylic acids is 1. The normalized spacial score (nSPS) is 17.4. The molecule has 1 saturated heterocycles. The molecule has 1 aliphatic rings. The second-order valence-electron chi connectivity index (χ2n) is 11.8. The Hall–Kier alpha value is -4.26. The van der Waals surface area contributed by atoms with Gasteiger partial charge in [-0.3, -0.25) is 14.6 Å². The van der Waals surface area contributed by atoms with Crippen LogP contribution in [0.15, 0.2) is 55.8 Å². The van der Waals surface area contributed by atoms with E-state index in [2.05, 4.69) is 28.8 Å². The fraction of sp³-hybridized carbons (Fsp3) is 0.485. The number of nitrogens with one attached hydrogen (secondary N) is 2. The van der Waals surface area contributed by atoms with E-state index in [1.807, 2.05) is 6.07 Å². The average Bonchev–Trinajstić information content (AvgIpc) is 3.42. The third-order valence-electron chi connectivity index (χ3n) is 7.08. The van der Waals surface area contributed by atoms with Crippen molar-refractivity contribution in [2.45, 2.75) is 76.3 Å². The molecule has 1 aromatic carbocycles. The summed E-state index contributed by atoms with van der Waals surface area (Å²) < 4.78 is 17.1. The van der Waals surface area contributed by atoms with E-state index in [0.29, 0.717) is 41.0 Å². The van der Waals surface area contributed by atoms with Gasteiger partial charge >= 0.3 is 12.1 Å². The average molecular weight is 657 g/mol. The number of hydrogen-bond donors (Lipinski definition) is 3. The third-order valence-corrected chi connectivity index (χ3v) is 8.12. The summed E-state index contributed by atoms with van der Waals surface area (Å²) in [6, 6.07) is 3.83. The van der Waals surface area contributed by atoms with E-state index in [1.54, 1.807) is 64.4 Å². The lowest BCUT2D eigenvalue weighted by atomic mass is 10.1. The van der Waals surface area contributed by atoms with Crippen LogP contribution in [0.2, 0.25) is 0 Å². The van der Waals surface area contributed by atoms with Gasteiger partial charge in [-0.25, -0.2) is 9.59 Å². The number of hydrogen-bond acceptors (Lipinski definition) is 9. The van der Waals surface area contributed by atoms with Crippen molar-refractivity contribution >= 4 is 46.5 Å². The van der Waals surface area contributed by atoms with Crippen molar-refractivity contribution < 1.29 is 38.5 Å². The van der Waals surface area contributed by atoms with Crippen LogP contribution in [-0.4, -0.2) is 93.9 Å². The highest BCUT2D eigenvalue weighted by molar-refractivity contribution is 7.99. The molecule has 1 aliphatic heterocycles. The molecule has 0 aliphatic carbocycles. The van der Waals surface area contributed by atoms with Crippen molar-refractivity contribution in [2.24, 2.45) is 0 Å². The number of pyridine rings is 1. The van der Waals surface area contributed by atoms with Crippen LogP contribution < -0.4 is 20.1 Å². The first-order valence-electron chi connectivity index (χ1n) is 15.1. The fourth-order valence-electron chi connectivity index (χ4n) is 4.97. The maximum absolute atomic E-state index is 14.1. The smallest absolute Gasteiger partial charge is 0.408 e. The van der Waals surface area contributed by atoms with E-state index >= 15 is 0 Å². The van der Waals surface area contributed by atoms with Gasteiger partial charge in [-0.1, -0.05) is 12.2 Å². The van der Waals surface area contributed by atoms with Crippen molar-refractivity contribution in [1.82, 2.24) is 20.5 Å². The Kier molecular flexibility index (Phi) is 13.3. The molecule has 250 valence electrons. The van der Waals surface area contributed by atoms with Gasteiger partial charge in [-0.2, -0.15) is 11.8 Å². The number of aromatic nitrogens is 1. The van der Waals surface area contributed by atoms with Crippen LogP contribution in [0.1, 0.15) is 46.5 Å². The monoisotopic (exact) mass is 656 g/mol. The quantitative estimate of drug-likeness (QED) is 0.176. The zero-order valence-corrected chi connectivity index (χ0v) is 27.6. The van der Waals surface area contributed by atoms with Crippen LogP contribution in [0.3, 0.4) is 0 Å². The summed E-state index contributed by atoms with van der Waals surface area (Å²) in [6.45, 7) is 12.5. The number of benzene rings is 1. The van der Waals surface area contributed by atoms with E-state index in [9.17, 15) is 24.3 Å². The molecular weight excluding hydrogens is 612 g/mol. The molecule has 13 heteroatoms. The highest BCUT2D eigenvalue weighted by atomic mass is 32.2. The Morgan fingerprint density at radius 3 is 2.57 bits per heavy atom. The Morgan fingerprint density at radius 1 is 1.15 bits per heavy atom. The van der Waals surface area contributed by atoms with Gasteiger partial charge in [0.2, 0.25) is 11.8 Å². The summed E-state index contributed by atoms with van der Waals surface area (Å²) in [5.74, 6) is -0.560. The van der Waals surface area contributed by atoms with Gasteiger partial charge in [0.1, 0.15) is 41.3 Å². The molecule has 0 radical (unpaired) electrons. The standard InChI is InChI=1S/C33H44N4O8S/c1-7-9-10-11-24(36-32(42)45-33(3,4)5)30(39)37-19-22(18-27(37)29(38)35-26(31(40)41)20-46-16-8-2)44-28-14-15-34-25-17-21(43-6)12-13-23(25)28/h7-8,12-15,17,22,24,26-27H,1-2,9-11,16,18-20H2,3-6H3,(H,35,38)(H,36,42)(H,40,41)/t22-,24+,26+,27+/m1/s1. The summed E-state index contributed by atoms with van der Waals surface area (Å²) >= 11 is 1.31. The topological polar surface area (TPSA) is 156 Å². The fourth-order valence-corrected chi connectivity index (χ4v) is 5.74. The highest BCUT2D eigenvalue weighted by Crippen LogP contribution is 2.31. The molecule has 1 fully saturated rings. The number of alkyl carbamates (subject to hydrolysis) is 1. The first-order chi connectivity index (χ1) is 21.9. The van der Waals surface area contributed by atoms with E-state index in [-0.39, 0.29) is 25.1 Å². The van der Waals surface area contributed by atoms with Crippen LogP contribution in [0, 0.1) is 0 Å². The number of ether oxygens (including phenoxy) is 3. The van der Waals surface area contributed by atoms with Crippen LogP contribution >= 0.6 is 11.8 Å². The predicted octanol–water partition coefficient (Wildman–Crippen LogP) is 4.33. The molecule has 3 amide bonds. The number of carboxylic acids is 1. The van der Waals surface area contributed by atoms with Gasteiger partial charge in [0.15, 0.2) is 0 Å². The zero-order valence-electron chi connectivity index (χ0n) is 26.8. The summed E-state index contributed by atoms with van der Waals surface area (Å²) in [4.78, 5) is 58.3. The number of carbonyl (C=O) groups is 4. The molecule has 2 aromatic rings. The molecule has 12 nitrogen and oxygen atoms in total. The minimum Gasteiger partial charge on any atom is -0.497 e. The number of allylic oxidation sites excluding steroid dienone is 1. The van der Waals surface area contributed by atoms with Crippen molar-refractivity contribution in [3.8, 4) is 11.5 Å². The van der Waals surface area contributed by atoms with Crippen molar-refractivity contribution in [2.75, 3.05) is 25.2 Å². The van der Waals surface area contributed by atoms with Crippen LogP contribution in [0.5, 0.6) is 11.5 Å². The molecule has 0 unspecified atom stereocenters. The number of nitrogens with zero attached hydrogens (tertiary/aromatic N) is 2. The Bertz CT molecular complexity index is 1410. The lowest BCUT2D eigenvalue weighted by Gasteiger charge is -2.30. The van der Waals surface area contributed by atoms with Gasteiger partial charge < -0.3 is 34.9 Å². The van der Waals surface area contributed by atoms with Gasteiger partial charge in [-0.15, -0.1) is 13.2 Å². The zero-order chi connectivity index (χ0) is 33.9. The highest BCUT2D eigenvalue weighted by Gasteiger charge is 2.44. The largest absolute Gasteiger partial charge is 0.497 e. The molecule has 0 bridgehead atoms. The Labute approximate surface area is 273 Å². The van der Waals surface area contributed by atoms with Crippen molar-refractivity contribution in [3.05, 3.63) is 55.8 Å². The molecule has 2 heterocycles. The maximum atomic E-state index is 14.1. The van der Waals surface area contributed by atoms with Crippen molar-refractivity contribution in [1.29, 1.82) is 0 Å². The SMILES string of the molecule is C=CCCC[C@H](NC(=O)OC(C)(C)C)C(=O)N1C[C@H](Oc2ccnc3cc(OC)ccc23)C[C@H]1C(=O)N[C@@H](CSCC=C)C(=O)O. The molecule has 4 atom stereocenters. The van der Waals surface area contributed by atoms with Crippen LogP contribution in [0.25, 0.3) is 10.9 Å². The molecule has 0 spiro atoms. The number of fused-ring (bicyclic) bond motifs is 1. The van der Waals surface area contributed by atoms with E-state index < -0.39 is 53.7 Å². The first kappa shape index (κ1) is 36.2. The van der Waals surface area contributed by atoms with E-state index in [4.69, 9.17) is 14.2 Å². The summed E-state index contributed by atoms with van der Waals surface area (Å²) in [5.41, 5.74) is -0.150. The number of thioether (sulfide) groups is 1. The first-order valence-corrected chi connectivity index (χ1v) is 16.2. The molecule has 3 rings (SSSR count). The molecular formula is C33H44N4O8S. The second-order valence-corrected chi connectivity index (χ2v) is 12.9. The summed E-state index contributed by atoms with van der Waals surface area (Å²) in [5, 5.41) is 15.8. The summed E-state index contributed by atoms with van der Waals surface area (Å²) in [7, 11) is 1.56. The van der Waals surface area contributed by atoms with Gasteiger partial charge in [0.05, 0.1) is 19.2 Å². The number of carbonyl (C=O) groups excluding carboxylic acids is 3. The molecule has 3 N–H and O–H groups in total. The minimum atomic E-state index is -1.19. The van der Waals surface area contributed by atoms with Gasteiger partial charge in [-0.05, 0) is 58.2 Å². The number of methoxy groups -OCH3 is 1. The molecule has 1 aromatic heterocycles. The Balaban J connectivity index is 1.91. The molecule has 46 heavy (non-hydrogen) atoms. The third kappa shape index (κ3) is 10.4.